The van der Waals surface area contributed by atoms with Crippen molar-refractivity contribution in [3.05, 3.63) is 18.0 Å². The molecule has 0 aliphatic heterocycles. The van der Waals surface area contributed by atoms with Crippen LogP contribution in [0.25, 0.3) is 0 Å². The van der Waals surface area contributed by atoms with Gasteiger partial charge in [0, 0.05) is 23.8 Å². The second kappa shape index (κ2) is 7.79. The third kappa shape index (κ3) is 3.41. The van der Waals surface area contributed by atoms with Crippen molar-refractivity contribution in [2.24, 2.45) is 0 Å². The van der Waals surface area contributed by atoms with E-state index in [1.54, 1.807) is 0 Å². The van der Waals surface area contributed by atoms with Crippen molar-refractivity contribution in [2.45, 2.75) is 66.1 Å². The Morgan fingerprint density at radius 1 is 1.25 bits per heavy atom. The van der Waals surface area contributed by atoms with Crippen LogP contribution in [0.15, 0.2) is 12.4 Å². The third-order valence-electron chi connectivity index (χ3n) is 4.54. The maximum absolute atomic E-state index is 4.45. The highest BCUT2D eigenvalue weighted by Gasteiger charge is 2.38. The molecule has 1 aromatic heterocycles. The van der Waals surface area contributed by atoms with Gasteiger partial charge in [0.2, 0.25) is 0 Å². The summed E-state index contributed by atoms with van der Waals surface area (Å²) in [5.41, 5.74) is 1.41. The van der Waals surface area contributed by atoms with Crippen molar-refractivity contribution in [3.63, 3.8) is 0 Å². The second-order valence-electron chi connectivity index (χ2n) is 5.50. The Bertz CT molecular complexity index is 384. The van der Waals surface area contributed by atoms with Crippen LogP contribution in [0.1, 0.15) is 59.6 Å². The fourth-order valence-corrected chi connectivity index (χ4v) is 3.16. The molecular weight excluding hydrogens is 248 g/mol. The molecule has 0 saturated heterocycles. The molecule has 0 amide bonds. The molecule has 4 heteroatoms. The van der Waals surface area contributed by atoms with E-state index < -0.39 is 0 Å². The third-order valence-corrected chi connectivity index (χ3v) is 4.54. The van der Waals surface area contributed by atoms with Crippen molar-refractivity contribution in [2.75, 3.05) is 19.6 Å². The minimum atomic E-state index is 0.112. The van der Waals surface area contributed by atoms with E-state index in [0.717, 1.165) is 32.6 Å². The molecule has 2 atom stereocenters. The SMILES string of the molecule is CCNC(c1cnn(CC)c1)C(C)(CC)N(CC)CC. The first-order chi connectivity index (χ1) is 9.57. The zero-order chi connectivity index (χ0) is 15.2. The lowest BCUT2D eigenvalue weighted by atomic mass is 9.83. The van der Waals surface area contributed by atoms with E-state index in [0.29, 0.717) is 6.04 Å². The van der Waals surface area contributed by atoms with E-state index in [1.165, 1.54) is 5.56 Å². The molecule has 4 nitrogen and oxygen atoms in total. The Morgan fingerprint density at radius 2 is 1.90 bits per heavy atom. The number of nitrogens with one attached hydrogen (secondary N) is 1. The molecular formula is C16H32N4. The predicted octanol–water partition coefficient (Wildman–Crippen LogP) is 3.06. The maximum atomic E-state index is 4.45. The van der Waals surface area contributed by atoms with E-state index in [4.69, 9.17) is 0 Å². The Kier molecular flexibility index (Phi) is 6.69. The van der Waals surface area contributed by atoms with Crippen molar-refractivity contribution in [1.29, 1.82) is 0 Å². The first-order valence-corrected chi connectivity index (χ1v) is 8.07. The first-order valence-electron chi connectivity index (χ1n) is 8.07. The maximum Gasteiger partial charge on any atom is 0.0538 e. The molecule has 0 radical (unpaired) electrons. The van der Waals surface area contributed by atoms with Crippen LogP contribution in [0.5, 0.6) is 0 Å². The van der Waals surface area contributed by atoms with Crippen LogP contribution in [-0.4, -0.2) is 39.9 Å². The van der Waals surface area contributed by atoms with E-state index in [1.807, 2.05) is 10.9 Å². The van der Waals surface area contributed by atoms with Crippen molar-refractivity contribution < 1.29 is 0 Å². The average Bonchev–Trinajstić information content (AvgIpc) is 2.94. The molecule has 1 heterocycles. The van der Waals surface area contributed by atoms with Gasteiger partial charge >= 0.3 is 0 Å². The van der Waals surface area contributed by atoms with Crippen molar-refractivity contribution >= 4 is 0 Å². The number of nitrogens with zero attached hydrogens (tertiary/aromatic N) is 3. The molecule has 0 aliphatic rings. The molecule has 0 fully saturated rings. The minimum absolute atomic E-state index is 0.112. The quantitative estimate of drug-likeness (QED) is 0.754. The van der Waals surface area contributed by atoms with E-state index in [-0.39, 0.29) is 5.54 Å². The standard InChI is InChI=1S/C16H32N4/c1-7-16(6,19(9-3)10-4)15(17-8-2)14-12-18-20(11-5)13-14/h12-13,15,17H,7-11H2,1-6H3. The molecule has 0 aliphatic carbocycles. The molecule has 0 saturated carbocycles. The van der Waals surface area contributed by atoms with Gasteiger partial charge in [-0.25, -0.2) is 0 Å². The summed E-state index contributed by atoms with van der Waals surface area (Å²) in [6.45, 7) is 17.5. The van der Waals surface area contributed by atoms with Gasteiger partial charge in [-0.15, -0.1) is 0 Å². The Labute approximate surface area is 124 Å². The summed E-state index contributed by atoms with van der Waals surface area (Å²) in [6.07, 6.45) is 5.32. The Morgan fingerprint density at radius 3 is 2.30 bits per heavy atom. The highest BCUT2D eigenvalue weighted by atomic mass is 15.3. The number of hydrogen-bond acceptors (Lipinski definition) is 3. The lowest BCUT2D eigenvalue weighted by molar-refractivity contribution is 0.0704. The van der Waals surface area contributed by atoms with Gasteiger partial charge in [0.25, 0.3) is 0 Å². The topological polar surface area (TPSA) is 33.1 Å². The van der Waals surface area contributed by atoms with Gasteiger partial charge in [-0.3, -0.25) is 9.58 Å². The number of hydrogen-bond donors (Lipinski definition) is 1. The largest absolute Gasteiger partial charge is 0.309 e. The summed E-state index contributed by atoms with van der Waals surface area (Å²) in [6, 6.07) is 0.317. The summed E-state index contributed by atoms with van der Waals surface area (Å²) in [5, 5.41) is 8.14. The fourth-order valence-electron chi connectivity index (χ4n) is 3.16. The van der Waals surface area contributed by atoms with E-state index in [9.17, 15) is 0 Å². The summed E-state index contributed by atoms with van der Waals surface area (Å²) < 4.78 is 2.01. The minimum Gasteiger partial charge on any atom is -0.309 e. The Hall–Kier alpha value is -0.870. The number of rotatable bonds is 9. The number of aromatic nitrogens is 2. The van der Waals surface area contributed by atoms with Crippen LogP contribution in [-0.2, 0) is 6.54 Å². The normalized spacial score (nSPS) is 16.4. The van der Waals surface area contributed by atoms with Gasteiger partial charge < -0.3 is 5.32 Å². The van der Waals surface area contributed by atoms with Crippen molar-refractivity contribution in [1.82, 2.24) is 20.0 Å². The monoisotopic (exact) mass is 280 g/mol. The van der Waals surface area contributed by atoms with Crippen LogP contribution in [0.3, 0.4) is 0 Å². The molecule has 20 heavy (non-hydrogen) atoms. The number of aryl methyl sites for hydroxylation is 1. The zero-order valence-electron chi connectivity index (χ0n) is 14.1. The van der Waals surface area contributed by atoms with E-state index >= 15 is 0 Å². The van der Waals surface area contributed by atoms with Gasteiger partial charge in [0.1, 0.15) is 0 Å². The smallest absolute Gasteiger partial charge is 0.0538 e. The van der Waals surface area contributed by atoms with Crippen LogP contribution >= 0.6 is 0 Å². The highest BCUT2D eigenvalue weighted by molar-refractivity contribution is 5.17. The number of likely N-dealkylation sites (N-methyl/N-ethyl adjacent to an activating group) is 2. The average molecular weight is 280 g/mol. The molecule has 0 aromatic carbocycles. The predicted molar refractivity (Wildman–Crippen MR) is 85.9 cm³/mol. The molecule has 0 spiro atoms. The second-order valence-corrected chi connectivity index (χ2v) is 5.50. The molecule has 1 rings (SSSR count). The molecule has 116 valence electrons. The summed E-state index contributed by atoms with van der Waals surface area (Å²) in [5.74, 6) is 0. The van der Waals surface area contributed by atoms with Gasteiger partial charge in [0.15, 0.2) is 0 Å². The fraction of sp³-hybridized carbons (Fsp3) is 0.812. The Balaban J connectivity index is 3.14. The van der Waals surface area contributed by atoms with Crippen LogP contribution < -0.4 is 5.32 Å². The van der Waals surface area contributed by atoms with E-state index in [2.05, 4.69) is 63.1 Å². The lowest BCUT2D eigenvalue weighted by Gasteiger charge is -2.45. The summed E-state index contributed by atoms with van der Waals surface area (Å²) in [4.78, 5) is 2.56. The molecule has 2 unspecified atom stereocenters. The first kappa shape index (κ1) is 17.2. The van der Waals surface area contributed by atoms with Crippen LogP contribution in [0, 0.1) is 0 Å². The molecule has 0 bridgehead atoms. The van der Waals surface area contributed by atoms with Crippen LogP contribution in [0.4, 0.5) is 0 Å². The summed E-state index contributed by atoms with van der Waals surface area (Å²) >= 11 is 0. The summed E-state index contributed by atoms with van der Waals surface area (Å²) in [7, 11) is 0. The van der Waals surface area contributed by atoms with Gasteiger partial charge in [0.05, 0.1) is 12.2 Å². The van der Waals surface area contributed by atoms with Crippen LogP contribution in [0.2, 0.25) is 0 Å². The lowest BCUT2D eigenvalue weighted by Crippen LogP contribution is -2.54. The zero-order valence-corrected chi connectivity index (χ0v) is 14.1. The van der Waals surface area contributed by atoms with Gasteiger partial charge in [-0.05, 0) is 39.9 Å². The molecule has 1 N–H and O–H groups in total. The van der Waals surface area contributed by atoms with Crippen molar-refractivity contribution in [3.8, 4) is 0 Å². The van der Waals surface area contributed by atoms with Gasteiger partial charge in [-0.1, -0.05) is 27.7 Å². The highest BCUT2D eigenvalue weighted by Crippen LogP contribution is 2.34. The molecule has 1 aromatic rings. The van der Waals surface area contributed by atoms with Gasteiger partial charge in [-0.2, -0.15) is 5.10 Å².